The second-order valence-corrected chi connectivity index (χ2v) is 3.11. The summed E-state index contributed by atoms with van der Waals surface area (Å²) in [4.78, 5) is 13.5. The van der Waals surface area contributed by atoms with Gasteiger partial charge in [0.1, 0.15) is 0 Å². The number of aromatic nitrogens is 1. The van der Waals surface area contributed by atoms with Gasteiger partial charge in [0.05, 0.1) is 10.6 Å². The van der Waals surface area contributed by atoms with Crippen LogP contribution in [0.1, 0.15) is 26.8 Å². The second kappa shape index (κ2) is 3.14. The summed E-state index contributed by atoms with van der Waals surface area (Å²) in [5.41, 5.74) is 0.0902. The highest BCUT2D eigenvalue weighted by Gasteiger charge is 2.19. The highest BCUT2D eigenvalue weighted by Crippen LogP contribution is 2.28. The van der Waals surface area contributed by atoms with Crippen LogP contribution in [0.15, 0.2) is 0 Å². The van der Waals surface area contributed by atoms with E-state index in [0.717, 1.165) is 0 Å². The standard InChI is InChI=1S/C6H5F2NO2S/c1-2-3(4(7)8)12-5(9-2)6(10)11/h4H,1H3,(H,10,11). The molecule has 0 unspecified atom stereocenters. The number of aromatic carboxylic acids is 1. The van der Waals surface area contributed by atoms with Gasteiger partial charge in [0.2, 0.25) is 5.01 Å². The monoisotopic (exact) mass is 193 g/mol. The number of rotatable bonds is 2. The summed E-state index contributed by atoms with van der Waals surface area (Å²) < 4.78 is 24.2. The van der Waals surface area contributed by atoms with E-state index in [4.69, 9.17) is 5.11 Å². The first-order valence-electron chi connectivity index (χ1n) is 3.01. The van der Waals surface area contributed by atoms with Gasteiger partial charge in [-0.15, -0.1) is 11.3 Å². The van der Waals surface area contributed by atoms with Crippen LogP contribution in [0.25, 0.3) is 0 Å². The van der Waals surface area contributed by atoms with Gasteiger partial charge in [-0.3, -0.25) is 0 Å². The number of aryl methyl sites for hydroxylation is 1. The second-order valence-electron chi connectivity index (χ2n) is 2.07. The number of hydrogen-bond acceptors (Lipinski definition) is 3. The first-order valence-corrected chi connectivity index (χ1v) is 3.82. The minimum Gasteiger partial charge on any atom is -0.476 e. The number of carboxylic acids is 1. The largest absolute Gasteiger partial charge is 0.476 e. The van der Waals surface area contributed by atoms with E-state index >= 15 is 0 Å². The third-order valence-corrected chi connectivity index (χ3v) is 2.37. The molecule has 0 aliphatic rings. The number of thiazole rings is 1. The predicted octanol–water partition coefficient (Wildman–Crippen LogP) is 2.09. The molecule has 0 aliphatic carbocycles. The topological polar surface area (TPSA) is 50.2 Å². The Labute approximate surface area is 70.7 Å². The summed E-state index contributed by atoms with van der Waals surface area (Å²) in [7, 11) is 0. The van der Waals surface area contributed by atoms with Crippen LogP contribution in [-0.2, 0) is 0 Å². The molecule has 1 heterocycles. The van der Waals surface area contributed by atoms with Crippen molar-refractivity contribution in [1.82, 2.24) is 4.98 Å². The minimum atomic E-state index is -2.64. The molecule has 0 spiro atoms. The van der Waals surface area contributed by atoms with E-state index in [1.54, 1.807) is 0 Å². The Hall–Kier alpha value is -1.04. The Morgan fingerprint density at radius 1 is 1.67 bits per heavy atom. The molecular formula is C6H5F2NO2S. The van der Waals surface area contributed by atoms with Crippen LogP contribution in [0.4, 0.5) is 8.78 Å². The Morgan fingerprint density at radius 2 is 2.25 bits per heavy atom. The number of halogens is 2. The van der Waals surface area contributed by atoms with E-state index < -0.39 is 12.4 Å². The summed E-state index contributed by atoms with van der Waals surface area (Å²) in [6.45, 7) is 1.37. The van der Waals surface area contributed by atoms with Gasteiger partial charge in [0, 0.05) is 0 Å². The lowest BCUT2D eigenvalue weighted by Gasteiger charge is -1.91. The number of nitrogens with zero attached hydrogens (tertiary/aromatic N) is 1. The van der Waals surface area contributed by atoms with Gasteiger partial charge in [0.25, 0.3) is 6.43 Å². The molecule has 1 aromatic heterocycles. The molecule has 6 heteroatoms. The van der Waals surface area contributed by atoms with E-state index in [1.807, 2.05) is 0 Å². The van der Waals surface area contributed by atoms with E-state index in [-0.39, 0.29) is 15.6 Å². The highest BCUT2D eigenvalue weighted by atomic mass is 32.1. The van der Waals surface area contributed by atoms with Crippen molar-refractivity contribution in [2.24, 2.45) is 0 Å². The fourth-order valence-electron chi connectivity index (χ4n) is 0.702. The molecule has 0 bridgehead atoms. The van der Waals surface area contributed by atoms with Crippen LogP contribution in [-0.4, -0.2) is 16.1 Å². The average molecular weight is 193 g/mol. The van der Waals surface area contributed by atoms with Crippen LogP contribution in [0, 0.1) is 6.92 Å². The average Bonchev–Trinajstić information content (AvgIpc) is 2.30. The highest BCUT2D eigenvalue weighted by molar-refractivity contribution is 7.13. The van der Waals surface area contributed by atoms with Crippen LogP contribution >= 0.6 is 11.3 Å². The molecule has 3 nitrogen and oxygen atoms in total. The Balaban J connectivity index is 3.09. The molecule has 0 atom stereocenters. The Bertz CT molecular complexity index is 310. The molecule has 0 saturated heterocycles. The van der Waals surface area contributed by atoms with Crippen molar-refractivity contribution in [3.8, 4) is 0 Å². The summed E-state index contributed by atoms with van der Waals surface area (Å²) in [6, 6.07) is 0. The van der Waals surface area contributed by atoms with Gasteiger partial charge in [0.15, 0.2) is 0 Å². The molecule has 1 N–H and O–H groups in total. The fourth-order valence-corrected chi connectivity index (χ4v) is 1.46. The molecule has 0 saturated carbocycles. The zero-order chi connectivity index (χ0) is 9.30. The maximum absolute atomic E-state index is 12.1. The quantitative estimate of drug-likeness (QED) is 0.782. The third kappa shape index (κ3) is 1.58. The summed E-state index contributed by atoms with van der Waals surface area (Å²) >= 11 is 0.515. The number of carbonyl (C=O) groups is 1. The van der Waals surface area contributed by atoms with Gasteiger partial charge < -0.3 is 5.11 Å². The summed E-state index contributed by atoms with van der Waals surface area (Å²) in [6.07, 6.45) is -2.64. The molecule has 0 aliphatic heterocycles. The van der Waals surface area contributed by atoms with Gasteiger partial charge in [-0.25, -0.2) is 18.6 Å². The Kier molecular flexibility index (Phi) is 2.37. The zero-order valence-electron chi connectivity index (χ0n) is 6.04. The van der Waals surface area contributed by atoms with E-state index in [2.05, 4.69) is 4.98 Å². The van der Waals surface area contributed by atoms with E-state index in [9.17, 15) is 13.6 Å². The number of carboxylic acid groups (broad SMARTS) is 1. The maximum Gasteiger partial charge on any atom is 0.365 e. The molecule has 0 amide bonds. The molecule has 1 aromatic rings. The molecule has 0 aromatic carbocycles. The van der Waals surface area contributed by atoms with Gasteiger partial charge in [-0.1, -0.05) is 0 Å². The molecule has 66 valence electrons. The normalized spacial score (nSPS) is 10.7. The van der Waals surface area contributed by atoms with Crippen molar-refractivity contribution in [2.45, 2.75) is 13.3 Å². The van der Waals surface area contributed by atoms with Crippen LogP contribution in [0.2, 0.25) is 0 Å². The zero-order valence-corrected chi connectivity index (χ0v) is 6.86. The van der Waals surface area contributed by atoms with Gasteiger partial charge >= 0.3 is 5.97 Å². The van der Waals surface area contributed by atoms with Crippen molar-refractivity contribution in [2.75, 3.05) is 0 Å². The first-order chi connectivity index (χ1) is 5.52. The molecule has 12 heavy (non-hydrogen) atoms. The van der Waals surface area contributed by atoms with Crippen LogP contribution < -0.4 is 0 Å². The minimum absolute atomic E-state index is 0.0902. The van der Waals surface area contributed by atoms with Crippen molar-refractivity contribution < 1.29 is 18.7 Å². The molecule has 0 fully saturated rings. The van der Waals surface area contributed by atoms with Crippen LogP contribution in [0.5, 0.6) is 0 Å². The van der Waals surface area contributed by atoms with E-state index in [1.165, 1.54) is 6.92 Å². The van der Waals surface area contributed by atoms with E-state index in [0.29, 0.717) is 11.3 Å². The summed E-state index contributed by atoms with van der Waals surface area (Å²) in [5, 5.41) is 8.12. The van der Waals surface area contributed by atoms with Crippen molar-refractivity contribution in [3.63, 3.8) is 0 Å². The lowest BCUT2D eigenvalue weighted by Crippen LogP contribution is -1.93. The lowest BCUT2D eigenvalue weighted by molar-refractivity contribution is 0.0696. The predicted molar refractivity (Wildman–Crippen MR) is 38.8 cm³/mol. The number of alkyl halides is 2. The Morgan fingerprint density at radius 3 is 2.50 bits per heavy atom. The maximum atomic E-state index is 12.1. The number of hydrogen-bond donors (Lipinski definition) is 1. The smallest absolute Gasteiger partial charge is 0.365 e. The van der Waals surface area contributed by atoms with Crippen molar-refractivity contribution >= 4 is 17.3 Å². The SMILES string of the molecule is Cc1nc(C(=O)O)sc1C(F)F. The fraction of sp³-hybridized carbons (Fsp3) is 0.333. The lowest BCUT2D eigenvalue weighted by atomic mass is 10.4. The summed E-state index contributed by atoms with van der Waals surface area (Å²) in [5.74, 6) is -1.27. The molecular weight excluding hydrogens is 188 g/mol. The van der Waals surface area contributed by atoms with Crippen LogP contribution in [0.3, 0.4) is 0 Å². The molecule has 1 rings (SSSR count). The first kappa shape index (κ1) is 9.05. The van der Waals surface area contributed by atoms with Gasteiger partial charge in [-0.2, -0.15) is 0 Å². The van der Waals surface area contributed by atoms with Crippen molar-refractivity contribution in [3.05, 3.63) is 15.6 Å². The molecule has 0 radical (unpaired) electrons. The van der Waals surface area contributed by atoms with Gasteiger partial charge in [-0.05, 0) is 6.92 Å². The third-order valence-electron chi connectivity index (χ3n) is 1.21. The van der Waals surface area contributed by atoms with Crippen molar-refractivity contribution in [1.29, 1.82) is 0 Å².